The van der Waals surface area contributed by atoms with Gasteiger partial charge in [0.1, 0.15) is 0 Å². The summed E-state index contributed by atoms with van der Waals surface area (Å²) < 4.78 is 27.3. The molecule has 0 radical (unpaired) electrons. The Bertz CT molecular complexity index is 685. The van der Waals surface area contributed by atoms with Crippen LogP contribution in [0.5, 0.6) is 0 Å². The third-order valence-electron chi connectivity index (χ3n) is 4.59. The number of alkyl halides is 2. The Kier molecular flexibility index (Phi) is 7.05. The van der Waals surface area contributed by atoms with Crippen LogP contribution < -0.4 is 5.73 Å². The quantitative estimate of drug-likeness (QED) is 0.460. The maximum absolute atomic E-state index is 13.6. The average Bonchev–Trinajstić information content (AvgIpc) is 2.62. The third-order valence-corrected chi connectivity index (χ3v) is 4.88. The molecule has 0 saturated carbocycles. The molecule has 1 aliphatic heterocycles. The zero-order valence-corrected chi connectivity index (χ0v) is 15.0. The Hall–Kier alpha value is -2.06. The zero-order valence-electron chi connectivity index (χ0n) is 14.3. The molecule has 0 bridgehead atoms. The van der Waals surface area contributed by atoms with Crippen LogP contribution in [0.25, 0.3) is 0 Å². The van der Waals surface area contributed by atoms with Crippen molar-refractivity contribution >= 4 is 16.8 Å². The number of nitrogens with two attached hydrogens (primary N) is 1. The molecule has 1 fully saturated rings. The van der Waals surface area contributed by atoms with E-state index < -0.39 is 29.1 Å². The monoisotopic (exact) mass is 386 g/mol. The molecule has 9 heteroatoms. The highest BCUT2D eigenvalue weighted by Gasteiger charge is 2.37. The molecule has 142 valence electrons. The van der Waals surface area contributed by atoms with Crippen LogP contribution in [0.1, 0.15) is 31.4 Å². The van der Waals surface area contributed by atoms with Crippen molar-refractivity contribution in [3.05, 3.63) is 57.9 Å². The second-order valence-electron chi connectivity index (χ2n) is 6.13. The van der Waals surface area contributed by atoms with Gasteiger partial charge < -0.3 is 5.73 Å². The van der Waals surface area contributed by atoms with Crippen LogP contribution in [0.3, 0.4) is 0 Å². The molecule has 1 heterocycles. The summed E-state index contributed by atoms with van der Waals surface area (Å²) >= 11 is 5.86. The predicted molar refractivity (Wildman–Crippen MR) is 96.9 cm³/mol. The van der Waals surface area contributed by atoms with Gasteiger partial charge in [-0.3, -0.25) is 20.0 Å². The number of nitro groups is 1. The minimum absolute atomic E-state index is 0.0701. The summed E-state index contributed by atoms with van der Waals surface area (Å²) in [4.78, 5) is 15.9. The van der Waals surface area contributed by atoms with Gasteiger partial charge in [-0.25, -0.2) is 8.78 Å². The molecule has 0 aliphatic carbocycles. The Morgan fingerprint density at radius 2 is 2.12 bits per heavy atom. The van der Waals surface area contributed by atoms with E-state index in [9.17, 15) is 18.9 Å². The lowest BCUT2D eigenvalue weighted by Gasteiger charge is -2.41. The Labute approximate surface area is 155 Å². The van der Waals surface area contributed by atoms with E-state index in [-0.39, 0.29) is 17.6 Å². The normalized spacial score (nSPS) is 23.9. The van der Waals surface area contributed by atoms with Gasteiger partial charge >= 0.3 is 5.70 Å². The molecule has 3 atom stereocenters. The molecule has 1 saturated heterocycles. The van der Waals surface area contributed by atoms with Gasteiger partial charge in [0.05, 0.1) is 23.2 Å². The molecule has 26 heavy (non-hydrogen) atoms. The number of halogens is 3. The lowest BCUT2D eigenvalue weighted by atomic mass is 9.94. The van der Waals surface area contributed by atoms with Gasteiger partial charge in [0.2, 0.25) is 5.17 Å². The van der Waals surface area contributed by atoms with Gasteiger partial charge in [-0.05, 0) is 25.3 Å². The van der Waals surface area contributed by atoms with Crippen LogP contribution in [-0.2, 0) is 0 Å². The highest BCUT2D eigenvalue weighted by Crippen LogP contribution is 2.32. The maximum Gasteiger partial charge on any atom is 0.321 e. The molecule has 6 nitrogen and oxygen atoms in total. The fourth-order valence-electron chi connectivity index (χ4n) is 3.20. The van der Waals surface area contributed by atoms with Crippen molar-refractivity contribution in [2.75, 3.05) is 6.54 Å². The Morgan fingerprint density at radius 1 is 1.46 bits per heavy atom. The topological polar surface area (TPSA) is 84.8 Å². The van der Waals surface area contributed by atoms with Crippen LogP contribution in [-0.4, -0.2) is 40.0 Å². The van der Waals surface area contributed by atoms with Crippen LogP contribution in [0.15, 0.2) is 47.2 Å². The van der Waals surface area contributed by atoms with Crippen molar-refractivity contribution in [2.45, 2.75) is 44.3 Å². The molecule has 1 aliphatic rings. The molecular weight excluding hydrogens is 366 g/mol. The van der Waals surface area contributed by atoms with E-state index in [1.807, 2.05) is 37.3 Å². The van der Waals surface area contributed by atoms with E-state index in [0.717, 1.165) is 11.8 Å². The molecular formula is C17H21ClF2N4O2. The SMILES string of the molecule is CC(c1ccccc1)N1CCC(N=C(Cl)C(=CN)[N+](=O)[O-])CC1C(F)F. The number of rotatable bonds is 6. The molecule has 2 rings (SSSR count). The van der Waals surface area contributed by atoms with Gasteiger partial charge in [-0.2, -0.15) is 0 Å². The van der Waals surface area contributed by atoms with E-state index in [4.69, 9.17) is 17.3 Å². The smallest absolute Gasteiger partial charge is 0.321 e. The van der Waals surface area contributed by atoms with Gasteiger partial charge in [-0.15, -0.1) is 0 Å². The number of allylic oxidation sites excluding steroid dienone is 1. The largest absolute Gasteiger partial charge is 0.399 e. The Morgan fingerprint density at radius 3 is 2.65 bits per heavy atom. The maximum atomic E-state index is 13.6. The second kappa shape index (κ2) is 9.05. The van der Waals surface area contributed by atoms with E-state index in [1.54, 1.807) is 4.90 Å². The van der Waals surface area contributed by atoms with Crippen LogP contribution in [0.4, 0.5) is 8.78 Å². The van der Waals surface area contributed by atoms with Crippen LogP contribution >= 0.6 is 11.6 Å². The summed E-state index contributed by atoms with van der Waals surface area (Å²) in [6.07, 6.45) is -1.26. The van der Waals surface area contributed by atoms with E-state index in [0.29, 0.717) is 13.0 Å². The molecule has 0 spiro atoms. The number of nitrogens with zero attached hydrogens (tertiary/aromatic N) is 3. The number of hydrogen-bond acceptors (Lipinski definition) is 5. The van der Waals surface area contributed by atoms with Crippen molar-refractivity contribution in [3.63, 3.8) is 0 Å². The van der Waals surface area contributed by atoms with Crippen molar-refractivity contribution in [1.82, 2.24) is 4.90 Å². The zero-order chi connectivity index (χ0) is 19.3. The summed E-state index contributed by atoms with van der Waals surface area (Å²) in [5.74, 6) is 0. The average molecular weight is 387 g/mol. The van der Waals surface area contributed by atoms with E-state index >= 15 is 0 Å². The molecule has 2 N–H and O–H groups in total. The number of piperidine rings is 1. The van der Waals surface area contributed by atoms with Crippen molar-refractivity contribution in [3.8, 4) is 0 Å². The number of aliphatic imine (C=N–C) groups is 1. The molecule has 0 aromatic heterocycles. The summed E-state index contributed by atoms with van der Waals surface area (Å²) in [6.45, 7) is 2.28. The first-order valence-electron chi connectivity index (χ1n) is 8.24. The van der Waals surface area contributed by atoms with Gasteiger partial charge in [0, 0.05) is 12.6 Å². The van der Waals surface area contributed by atoms with Gasteiger partial charge in [-0.1, -0.05) is 41.9 Å². The first-order chi connectivity index (χ1) is 12.3. The van der Waals surface area contributed by atoms with Crippen molar-refractivity contribution < 1.29 is 13.7 Å². The molecule has 0 amide bonds. The van der Waals surface area contributed by atoms with Crippen molar-refractivity contribution in [2.24, 2.45) is 10.7 Å². The minimum Gasteiger partial charge on any atom is -0.399 e. The Balaban J connectivity index is 2.16. The minimum atomic E-state index is -2.56. The summed E-state index contributed by atoms with van der Waals surface area (Å²) in [6, 6.07) is 7.74. The van der Waals surface area contributed by atoms with Crippen LogP contribution in [0.2, 0.25) is 0 Å². The molecule has 1 aromatic rings. The van der Waals surface area contributed by atoms with Crippen LogP contribution in [0, 0.1) is 10.1 Å². The number of likely N-dealkylation sites (tertiary alicyclic amines) is 1. The van der Waals surface area contributed by atoms with E-state index in [2.05, 4.69) is 4.99 Å². The lowest BCUT2D eigenvalue weighted by molar-refractivity contribution is -0.414. The van der Waals surface area contributed by atoms with E-state index in [1.165, 1.54) is 0 Å². The molecule has 3 unspecified atom stereocenters. The number of benzene rings is 1. The first-order valence-corrected chi connectivity index (χ1v) is 8.61. The molecule has 1 aromatic carbocycles. The number of hydrogen-bond donors (Lipinski definition) is 1. The summed E-state index contributed by atoms with van der Waals surface area (Å²) in [5, 5.41) is 10.5. The van der Waals surface area contributed by atoms with Gasteiger partial charge in [0.25, 0.3) is 6.43 Å². The van der Waals surface area contributed by atoms with Crippen molar-refractivity contribution in [1.29, 1.82) is 0 Å². The predicted octanol–water partition coefficient (Wildman–Crippen LogP) is 3.56. The standard InChI is InChI=1S/C17H21ClF2N4O2/c1-11(12-5-3-2-4-6-12)23-8-7-13(9-14(23)17(19)20)22-16(18)15(10-21)24(25)26/h2-6,10-11,13-14,17H,7-9,21H2,1H3. The van der Waals surface area contributed by atoms with Gasteiger partial charge in [0.15, 0.2) is 0 Å². The third kappa shape index (κ3) is 4.76. The summed E-state index contributed by atoms with van der Waals surface area (Å²) in [7, 11) is 0. The highest BCUT2D eigenvalue weighted by atomic mass is 35.5. The fourth-order valence-corrected chi connectivity index (χ4v) is 3.47. The fraction of sp³-hybridized carbons (Fsp3) is 0.471. The first kappa shape index (κ1) is 20.3. The summed E-state index contributed by atoms with van der Waals surface area (Å²) in [5.41, 5.74) is 5.61. The second-order valence-corrected chi connectivity index (χ2v) is 6.49. The lowest BCUT2D eigenvalue weighted by Crippen LogP contribution is -2.48. The highest BCUT2D eigenvalue weighted by molar-refractivity contribution is 6.69.